The number of hydrogen-bond acceptors (Lipinski definition) is 4. The molecule has 1 aromatic heterocycles. The first kappa shape index (κ1) is 33.0. The molecule has 5 heterocycles. The Morgan fingerprint density at radius 3 is 2.57 bits per heavy atom. The molecule has 4 aliphatic heterocycles. The van der Waals surface area contributed by atoms with E-state index in [1.54, 1.807) is 11.1 Å². The van der Waals surface area contributed by atoms with Crippen molar-refractivity contribution in [3.8, 4) is 0 Å². The van der Waals surface area contributed by atoms with Gasteiger partial charge >= 0.3 is 0 Å². The highest BCUT2D eigenvalue weighted by atomic mass is 16.3. The van der Waals surface area contributed by atoms with E-state index in [0.29, 0.717) is 12.0 Å². The fraction of sp³-hybridized carbons (Fsp3) is 0.346. The van der Waals surface area contributed by atoms with Crippen molar-refractivity contribution in [2.75, 3.05) is 4.90 Å². The minimum atomic E-state index is -0.171. The number of allylic oxidation sites excluding steroid dienone is 13. The highest BCUT2D eigenvalue weighted by Crippen LogP contribution is 2.70. The summed E-state index contributed by atoms with van der Waals surface area (Å²) in [4.78, 5) is 8.23. The Hall–Kier alpha value is -5.22. The van der Waals surface area contributed by atoms with Crippen LogP contribution < -0.4 is 4.90 Å². The summed E-state index contributed by atoms with van der Waals surface area (Å²) in [5.41, 5.74) is 15.0. The van der Waals surface area contributed by atoms with E-state index in [4.69, 9.17) is 4.42 Å². The van der Waals surface area contributed by atoms with Crippen LogP contribution in [0, 0.1) is 11.3 Å². The van der Waals surface area contributed by atoms with Crippen molar-refractivity contribution in [3.63, 3.8) is 0 Å². The molecule has 0 radical (unpaired) electrons. The van der Waals surface area contributed by atoms with Gasteiger partial charge in [-0.2, -0.15) is 0 Å². The highest BCUT2D eigenvalue weighted by Gasteiger charge is 2.67. The van der Waals surface area contributed by atoms with Crippen molar-refractivity contribution in [2.45, 2.75) is 102 Å². The lowest BCUT2D eigenvalue weighted by Gasteiger charge is -2.68. The smallest absolute Gasteiger partial charge is 0.139 e. The summed E-state index contributed by atoms with van der Waals surface area (Å²) in [6, 6.07) is 17.0. The summed E-state index contributed by atoms with van der Waals surface area (Å²) < 4.78 is 7.35. The standard InChI is InChI=1S/C52H51N3O/c1-51-33-42(52(51,2)53-30-14-13-21-43(53)39-19-9-10-20-41(39)51)48-49-47(40-29-24-35(32-46(40)56-49)31-34-15-5-3-6-16-34)50-54(44-22-11-12-23-45(44)55(48)50)38-27-25-37(26-28-38)36-17-7-4-8-18-36/h3,5-7,9,12,14-15,17-19,23-30,32-34,43,48,50H,4,8,10-11,13,16,20-22,31H2,1-2H3. The van der Waals surface area contributed by atoms with Gasteiger partial charge in [-0.3, -0.25) is 0 Å². The number of rotatable bonds is 5. The zero-order chi connectivity index (χ0) is 37.2. The average Bonchev–Trinajstić information content (AvgIpc) is 3.89. The number of furan rings is 1. The monoisotopic (exact) mass is 733 g/mol. The molecule has 4 nitrogen and oxygen atoms in total. The number of anilines is 1. The third-order valence-electron chi connectivity index (χ3n) is 15.1. The summed E-state index contributed by atoms with van der Waals surface area (Å²) in [6.45, 7) is 5.11. The van der Waals surface area contributed by atoms with Crippen LogP contribution in [0.25, 0.3) is 16.5 Å². The SMILES string of the molecule is CC12C=C(C3c4oc5cc(CC6C=CC=CC6)ccc5c4C4N(c5ccc(C6=CCCC=C6)cc5)C5=C(C=CCC5)N34)C1(C)N1C=CCCC1C1=C2CCC=C1. The van der Waals surface area contributed by atoms with E-state index in [1.165, 1.54) is 56.7 Å². The first-order valence-corrected chi connectivity index (χ1v) is 21.4. The maximum atomic E-state index is 7.35. The van der Waals surface area contributed by atoms with Gasteiger partial charge in [0.05, 0.1) is 17.3 Å². The maximum Gasteiger partial charge on any atom is 0.139 e. The lowest BCUT2D eigenvalue weighted by atomic mass is 9.48. The van der Waals surface area contributed by atoms with Crippen LogP contribution in [-0.4, -0.2) is 21.4 Å². The fourth-order valence-electron chi connectivity index (χ4n) is 12.3. The largest absolute Gasteiger partial charge is 0.458 e. The molecule has 6 atom stereocenters. The zero-order valence-corrected chi connectivity index (χ0v) is 32.8. The second-order valence-corrected chi connectivity index (χ2v) is 17.9. The summed E-state index contributed by atoms with van der Waals surface area (Å²) in [5.74, 6) is 1.67. The zero-order valence-electron chi connectivity index (χ0n) is 32.8. The molecule has 2 aromatic carbocycles. The molecule has 4 heteroatoms. The van der Waals surface area contributed by atoms with Gasteiger partial charge in [0.1, 0.15) is 23.6 Å². The quantitative estimate of drug-likeness (QED) is 0.244. The predicted molar refractivity (Wildman–Crippen MR) is 228 cm³/mol. The van der Waals surface area contributed by atoms with Crippen molar-refractivity contribution < 1.29 is 4.42 Å². The van der Waals surface area contributed by atoms with E-state index in [-0.39, 0.29) is 23.2 Å². The van der Waals surface area contributed by atoms with Gasteiger partial charge in [0.2, 0.25) is 0 Å². The van der Waals surface area contributed by atoms with Crippen LogP contribution in [-0.2, 0) is 6.42 Å². The molecule has 0 saturated heterocycles. The Kier molecular flexibility index (Phi) is 7.15. The Morgan fingerprint density at radius 2 is 1.71 bits per heavy atom. The lowest BCUT2D eigenvalue weighted by Crippen LogP contribution is -2.69. The normalized spacial score (nSPS) is 31.9. The number of hydrogen-bond donors (Lipinski definition) is 0. The molecule has 5 aliphatic carbocycles. The Morgan fingerprint density at radius 1 is 0.839 bits per heavy atom. The molecule has 0 fully saturated rings. The molecule has 6 unspecified atom stereocenters. The number of fused-ring (bicyclic) bond motifs is 11. The average molecular weight is 734 g/mol. The second kappa shape index (κ2) is 12.1. The molecule has 12 rings (SSSR count). The van der Waals surface area contributed by atoms with Crippen molar-refractivity contribution in [1.82, 2.24) is 9.80 Å². The van der Waals surface area contributed by atoms with Gasteiger partial charge < -0.3 is 19.1 Å². The number of benzene rings is 2. The van der Waals surface area contributed by atoms with Crippen LogP contribution in [0.3, 0.4) is 0 Å². The van der Waals surface area contributed by atoms with E-state index >= 15 is 0 Å². The van der Waals surface area contributed by atoms with Crippen LogP contribution in [0.4, 0.5) is 5.69 Å². The van der Waals surface area contributed by atoms with Crippen molar-refractivity contribution in [3.05, 3.63) is 178 Å². The molecule has 0 saturated carbocycles. The van der Waals surface area contributed by atoms with Crippen molar-refractivity contribution in [1.29, 1.82) is 0 Å². The van der Waals surface area contributed by atoms with Gasteiger partial charge in [0.15, 0.2) is 0 Å². The van der Waals surface area contributed by atoms with Gasteiger partial charge in [0, 0.05) is 27.7 Å². The molecule has 56 heavy (non-hydrogen) atoms. The third-order valence-corrected chi connectivity index (χ3v) is 15.1. The van der Waals surface area contributed by atoms with Crippen molar-refractivity contribution in [2.24, 2.45) is 11.3 Å². The van der Waals surface area contributed by atoms with Gasteiger partial charge in [0.25, 0.3) is 0 Å². The minimum Gasteiger partial charge on any atom is -0.458 e. The molecule has 0 amide bonds. The molecular formula is C52H51N3O. The van der Waals surface area contributed by atoms with E-state index < -0.39 is 0 Å². The molecule has 0 spiro atoms. The Labute approximate surface area is 331 Å². The van der Waals surface area contributed by atoms with Gasteiger partial charge in [-0.05, 0) is 142 Å². The Balaban J connectivity index is 1.04. The first-order chi connectivity index (χ1) is 27.5. The summed E-state index contributed by atoms with van der Waals surface area (Å²) in [7, 11) is 0. The van der Waals surface area contributed by atoms with Crippen molar-refractivity contribution >= 4 is 22.2 Å². The topological polar surface area (TPSA) is 22.9 Å². The molecule has 280 valence electrons. The third kappa shape index (κ3) is 4.42. The van der Waals surface area contributed by atoms with Gasteiger partial charge in [-0.1, -0.05) is 103 Å². The summed E-state index contributed by atoms with van der Waals surface area (Å²) in [6.07, 6.45) is 44.4. The second-order valence-electron chi connectivity index (χ2n) is 17.9. The maximum absolute atomic E-state index is 7.35. The van der Waals surface area contributed by atoms with E-state index in [9.17, 15) is 0 Å². The van der Waals surface area contributed by atoms with E-state index in [2.05, 4.69) is 156 Å². The highest BCUT2D eigenvalue weighted by molar-refractivity contribution is 5.87. The van der Waals surface area contributed by atoms with Crippen LogP contribution in [0.1, 0.15) is 106 Å². The summed E-state index contributed by atoms with van der Waals surface area (Å²) in [5, 5.41) is 1.26. The Bertz CT molecular complexity index is 2510. The number of nitrogens with zero attached hydrogens (tertiary/aromatic N) is 3. The van der Waals surface area contributed by atoms with Crippen LogP contribution >= 0.6 is 0 Å². The predicted octanol–water partition coefficient (Wildman–Crippen LogP) is 12.6. The molecule has 0 bridgehead atoms. The fourth-order valence-corrected chi connectivity index (χ4v) is 12.3. The molecular weight excluding hydrogens is 683 g/mol. The van der Waals surface area contributed by atoms with Gasteiger partial charge in [-0.15, -0.1) is 0 Å². The minimum absolute atomic E-state index is 0.00199. The van der Waals surface area contributed by atoms with Crippen LogP contribution in [0.2, 0.25) is 0 Å². The lowest BCUT2D eigenvalue weighted by molar-refractivity contribution is 0.0109. The molecule has 3 aromatic rings. The van der Waals surface area contributed by atoms with Crippen LogP contribution in [0.5, 0.6) is 0 Å². The van der Waals surface area contributed by atoms with Crippen LogP contribution in [0.15, 0.2) is 160 Å². The van der Waals surface area contributed by atoms with Gasteiger partial charge in [-0.25, -0.2) is 0 Å². The summed E-state index contributed by atoms with van der Waals surface area (Å²) >= 11 is 0. The molecule has 9 aliphatic rings. The molecule has 0 N–H and O–H groups in total. The van der Waals surface area contributed by atoms with E-state index in [1.807, 2.05) is 0 Å². The van der Waals surface area contributed by atoms with E-state index in [0.717, 1.165) is 69.1 Å². The first-order valence-electron chi connectivity index (χ1n) is 21.4.